The second-order valence-corrected chi connectivity index (χ2v) is 7.92. The highest BCUT2D eigenvalue weighted by Gasteiger charge is 2.29. The highest BCUT2D eigenvalue weighted by Crippen LogP contribution is 2.33. The van der Waals surface area contributed by atoms with E-state index in [0.717, 1.165) is 28.3 Å². The molecule has 0 bridgehead atoms. The molecule has 3 rings (SSSR count). The van der Waals surface area contributed by atoms with Crippen LogP contribution < -0.4 is 5.73 Å². The van der Waals surface area contributed by atoms with Crippen molar-refractivity contribution >= 4 is 38.9 Å². The van der Waals surface area contributed by atoms with E-state index in [0.29, 0.717) is 18.9 Å². The van der Waals surface area contributed by atoms with Crippen LogP contribution in [0, 0.1) is 0 Å². The Labute approximate surface area is 149 Å². The molecule has 2 aromatic heterocycles. The molecule has 2 N–H and O–H groups in total. The summed E-state index contributed by atoms with van der Waals surface area (Å²) in [6.07, 6.45) is 5.06. The third-order valence-corrected chi connectivity index (χ3v) is 4.64. The molecule has 0 saturated carbocycles. The van der Waals surface area contributed by atoms with Crippen LogP contribution in [0.15, 0.2) is 17.0 Å². The number of piperidine rings is 1. The van der Waals surface area contributed by atoms with Crippen LogP contribution in [0.25, 0.3) is 11.0 Å². The predicted octanol–water partition coefficient (Wildman–Crippen LogP) is 3.35. The van der Waals surface area contributed by atoms with Gasteiger partial charge >= 0.3 is 6.09 Å². The molecular weight excluding hydrogens is 374 g/mol. The van der Waals surface area contributed by atoms with Crippen molar-refractivity contribution in [3.63, 3.8) is 0 Å². The molecule has 0 aromatic carbocycles. The molecule has 3 heterocycles. The molecule has 1 atom stereocenters. The second kappa shape index (κ2) is 6.23. The van der Waals surface area contributed by atoms with E-state index in [1.807, 2.05) is 27.0 Å². The van der Waals surface area contributed by atoms with Crippen LogP contribution in [0.4, 0.5) is 10.6 Å². The molecule has 1 aliphatic heterocycles. The topological polar surface area (TPSA) is 86.3 Å². The van der Waals surface area contributed by atoms with Gasteiger partial charge in [0.25, 0.3) is 0 Å². The maximum atomic E-state index is 12.4. The minimum atomic E-state index is -0.491. The second-order valence-electron chi connectivity index (χ2n) is 7.06. The largest absolute Gasteiger partial charge is 0.444 e. The number of likely N-dealkylation sites (tertiary alicyclic amines) is 1. The van der Waals surface area contributed by atoms with Crippen LogP contribution in [-0.4, -0.2) is 44.2 Å². The van der Waals surface area contributed by atoms with Crippen molar-refractivity contribution < 1.29 is 9.53 Å². The van der Waals surface area contributed by atoms with Crippen LogP contribution >= 0.6 is 15.9 Å². The normalized spacial score (nSPS) is 18.8. The van der Waals surface area contributed by atoms with E-state index in [2.05, 4.69) is 30.5 Å². The number of carbonyl (C=O) groups excluding carboxylic acids is 1. The predicted molar refractivity (Wildman–Crippen MR) is 95.7 cm³/mol. The van der Waals surface area contributed by atoms with Crippen molar-refractivity contribution in [2.75, 3.05) is 18.8 Å². The van der Waals surface area contributed by atoms with E-state index < -0.39 is 5.60 Å². The summed E-state index contributed by atoms with van der Waals surface area (Å²) in [6, 6.07) is 0.134. The Morgan fingerprint density at radius 1 is 1.42 bits per heavy atom. The quantitative estimate of drug-likeness (QED) is 0.799. The summed E-state index contributed by atoms with van der Waals surface area (Å²) in [7, 11) is 0. The minimum absolute atomic E-state index is 0.134. The van der Waals surface area contributed by atoms with E-state index in [1.165, 1.54) is 6.33 Å². The molecule has 1 fully saturated rings. The Kier molecular flexibility index (Phi) is 4.42. The van der Waals surface area contributed by atoms with E-state index in [9.17, 15) is 4.79 Å². The van der Waals surface area contributed by atoms with E-state index >= 15 is 0 Å². The van der Waals surface area contributed by atoms with Gasteiger partial charge in [-0.2, -0.15) is 0 Å². The Morgan fingerprint density at radius 3 is 2.88 bits per heavy atom. The molecule has 1 amide bonds. The van der Waals surface area contributed by atoms with E-state index in [1.54, 1.807) is 4.90 Å². The average molecular weight is 396 g/mol. The summed E-state index contributed by atoms with van der Waals surface area (Å²) in [5.41, 5.74) is 6.26. The zero-order chi connectivity index (χ0) is 17.5. The monoisotopic (exact) mass is 395 g/mol. The fraction of sp³-hybridized carbons (Fsp3) is 0.562. The molecule has 0 aliphatic carbocycles. The van der Waals surface area contributed by atoms with Crippen LogP contribution in [0.2, 0.25) is 0 Å². The zero-order valence-corrected chi connectivity index (χ0v) is 15.7. The highest BCUT2D eigenvalue weighted by atomic mass is 79.9. The van der Waals surface area contributed by atoms with Crippen LogP contribution in [0.3, 0.4) is 0 Å². The molecule has 1 aliphatic rings. The summed E-state index contributed by atoms with van der Waals surface area (Å²) >= 11 is 3.53. The standard InChI is InChI=1S/C16H22BrN5O2/c1-16(2,3)24-15(23)21-6-4-5-10(7-21)22-8-11(17)12-13(18)19-9-20-14(12)22/h8-10H,4-7H2,1-3H3,(H2,18,19,20). The SMILES string of the molecule is CC(C)(C)OC(=O)N1CCCC(n2cc(Br)c3c(N)ncnc32)C1. The number of nitrogen functional groups attached to an aromatic ring is 1. The molecule has 24 heavy (non-hydrogen) atoms. The first-order valence-corrected chi connectivity index (χ1v) is 8.80. The summed E-state index contributed by atoms with van der Waals surface area (Å²) in [6.45, 7) is 6.94. The number of fused-ring (bicyclic) bond motifs is 1. The first kappa shape index (κ1) is 17.0. The van der Waals surface area contributed by atoms with Gasteiger partial charge in [-0.05, 0) is 49.5 Å². The maximum Gasteiger partial charge on any atom is 0.410 e. The van der Waals surface area contributed by atoms with Crippen molar-refractivity contribution in [1.82, 2.24) is 19.4 Å². The van der Waals surface area contributed by atoms with Gasteiger partial charge in [0, 0.05) is 23.8 Å². The van der Waals surface area contributed by atoms with Crippen molar-refractivity contribution in [1.29, 1.82) is 0 Å². The molecule has 130 valence electrons. The molecular formula is C16H22BrN5O2. The number of hydrogen-bond donors (Lipinski definition) is 1. The van der Waals surface area contributed by atoms with Gasteiger partial charge in [0.1, 0.15) is 23.4 Å². The number of anilines is 1. The van der Waals surface area contributed by atoms with Gasteiger partial charge in [0.05, 0.1) is 11.4 Å². The Bertz CT molecular complexity index is 768. The van der Waals surface area contributed by atoms with E-state index in [-0.39, 0.29) is 12.1 Å². The van der Waals surface area contributed by atoms with Crippen molar-refractivity contribution in [2.45, 2.75) is 45.3 Å². The Hall–Kier alpha value is -1.83. The van der Waals surface area contributed by atoms with Crippen molar-refractivity contribution in [3.05, 3.63) is 17.0 Å². The summed E-state index contributed by atoms with van der Waals surface area (Å²) in [5.74, 6) is 0.449. The third-order valence-electron chi connectivity index (χ3n) is 4.03. The van der Waals surface area contributed by atoms with Gasteiger partial charge < -0.3 is 19.9 Å². The molecule has 0 radical (unpaired) electrons. The number of rotatable bonds is 1. The molecule has 7 nitrogen and oxygen atoms in total. The molecule has 8 heteroatoms. The minimum Gasteiger partial charge on any atom is -0.444 e. The molecule has 0 spiro atoms. The fourth-order valence-corrected chi connectivity index (χ4v) is 3.62. The van der Waals surface area contributed by atoms with Gasteiger partial charge in [-0.15, -0.1) is 0 Å². The maximum absolute atomic E-state index is 12.4. The van der Waals surface area contributed by atoms with Crippen LogP contribution in [-0.2, 0) is 4.74 Å². The van der Waals surface area contributed by atoms with Gasteiger partial charge in [0.15, 0.2) is 0 Å². The lowest BCUT2D eigenvalue weighted by atomic mass is 10.1. The highest BCUT2D eigenvalue weighted by molar-refractivity contribution is 9.10. The number of amides is 1. The number of hydrogen-bond acceptors (Lipinski definition) is 5. The Balaban J connectivity index is 1.86. The van der Waals surface area contributed by atoms with Crippen molar-refractivity contribution in [3.8, 4) is 0 Å². The van der Waals surface area contributed by atoms with Gasteiger partial charge in [-0.25, -0.2) is 14.8 Å². The van der Waals surface area contributed by atoms with Gasteiger partial charge in [-0.3, -0.25) is 0 Å². The number of halogens is 1. The first-order chi connectivity index (χ1) is 11.3. The molecule has 1 saturated heterocycles. The summed E-state index contributed by atoms with van der Waals surface area (Å²) in [4.78, 5) is 22.5. The van der Waals surface area contributed by atoms with Gasteiger partial charge in [0.2, 0.25) is 0 Å². The van der Waals surface area contributed by atoms with Gasteiger partial charge in [-0.1, -0.05) is 0 Å². The summed E-state index contributed by atoms with van der Waals surface area (Å²) < 4.78 is 8.44. The smallest absolute Gasteiger partial charge is 0.410 e. The molecule has 2 aromatic rings. The number of nitrogens with two attached hydrogens (primary N) is 1. The number of carbonyl (C=O) groups is 1. The lowest BCUT2D eigenvalue weighted by Crippen LogP contribution is -2.43. The third kappa shape index (κ3) is 3.33. The average Bonchev–Trinajstić information content (AvgIpc) is 2.84. The Morgan fingerprint density at radius 2 is 2.17 bits per heavy atom. The number of ether oxygens (including phenoxy) is 1. The number of aromatic nitrogens is 3. The lowest BCUT2D eigenvalue weighted by molar-refractivity contribution is 0.0174. The summed E-state index contributed by atoms with van der Waals surface area (Å²) in [5, 5.41) is 0.812. The first-order valence-electron chi connectivity index (χ1n) is 8.00. The lowest BCUT2D eigenvalue weighted by Gasteiger charge is -2.34. The van der Waals surface area contributed by atoms with Crippen LogP contribution in [0.1, 0.15) is 39.7 Å². The zero-order valence-electron chi connectivity index (χ0n) is 14.1. The van der Waals surface area contributed by atoms with Crippen LogP contribution in [0.5, 0.6) is 0 Å². The fourth-order valence-electron chi connectivity index (χ4n) is 3.01. The number of nitrogens with zero attached hydrogens (tertiary/aromatic N) is 4. The van der Waals surface area contributed by atoms with Crippen molar-refractivity contribution in [2.24, 2.45) is 0 Å². The molecule has 1 unspecified atom stereocenters. The van der Waals surface area contributed by atoms with E-state index in [4.69, 9.17) is 10.5 Å².